The second-order valence-corrected chi connectivity index (χ2v) is 12.4. The third kappa shape index (κ3) is 27.7. The van der Waals surface area contributed by atoms with E-state index in [1.807, 2.05) is 0 Å². The third-order valence-electron chi connectivity index (χ3n) is 8.37. The van der Waals surface area contributed by atoms with E-state index in [1.165, 1.54) is 122 Å². The van der Waals surface area contributed by atoms with E-state index in [0.29, 0.717) is 12.8 Å². The van der Waals surface area contributed by atoms with Gasteiger partial charge in [0.05, 0.1) is 18.8 Å². The van der Waals surface area contributed by atoms with Gasteiger partial charge in [0.15, 0.2) is 0 Å². The molecule has 0 spiro atoms. The summed E-state index contributed by atoms with van der Waals surface area (Å²) in [5.74, 6) is -0.154. The molecule has 0 aromatic carbocycles. The Bertz CT molecular complexity index is 568. The number of unbranched alkanes of at least 4 members (excludes halogenated alkanes) is 22. The van der Waals surface area contributed by atoms with Gasteiger partial charge in [-0.05, 0) is 38.5 Å². The lowest BCUT2D eigenvalue weighted by Gasteiger charge is -2.26. The van der Waals surface area contributed by atoms with Crippen molar-refractivity contribution >= 4 is 5.91 Å². The first-order valence-corrected chi connectivity index (χ1v) is 18.0. The summed E-state index contributed by atoms with van der Waals surface area (Å²) in [4.78, 5) is 12.3. The number of carbonyl (C=O) groups excluding carboxylic acids is 1. The predicted molar refractivity (Wildman–Crippen MR) is 176 cm³/mol. The maximum absolute atomic E-state index is 12.3. The van der Waals surface area contributed by atoms with Crippen LogP contribution in [0.3, 0.4) is 0 Å². The second kappa shape index (κ2) is 32.0. The van der Waals surface area contributed by atoms with Crippen LogP contribution in [0.5, 0.6) is 0 Å². The highest BCUT2D eigenvalue weighted by Crippen LogP contribution is 2.15. The van der Waals surface area contributed by atoms with E-state index >= 15 is 0 Å². The maximum Gasteiger partial charge on any atom is 0.220 e. The Kier molecular flexibility index (Phi) is 31.3. The van der Waals surface area contributed by atoms with Crippen LogP contribution < -0.4 is 5.32 Å². The van der Waals surface area contributed by atoms with Gasteiger partial charge >= 0.3 is 0 Å². The van der Waals surface area contributed by atoms with Crippen molar-refractivity contribution < 1.29 is 20.1 Å². The molecule has 0 aliphatic heterocycles. The van der Waals surface area contributed by atoms with Gasteiger partial charge in [0.1, 0.15) is 6.10 Å². The number of aliphatic hydroxyl groups is 3. The highest BCUT2D eigenvalue weighted by Gasteiger charge is 2.26. The van der Waals surface area contributed by atoms with Crippen molar-refractivity contribution in [3.8, 4) is 0 Å². The molecule has 0 fully saturated rings. The largest absolute Gasteiger partial charge is 0.394 e. The quantitative estimate of drug-likeness (QED) is 0.0471. The summed E-state index contributed by atoms with van der Waals surface area (Å²) in [6.45, 7) is 4.14. The number of amides is 1. The van der Waals surface area contributed by atoms with Gasteiger partial charge < -0.3 is 20.6 Å². The zero-order valence-corrected chi connectivity index (χ0v) is 27.4. The van der Waals surface area contributed by atoms with E-state index in [4.69, 9.17) is 0 Å². The highest BCUT2D eigenvalue weighted by molar-refractivity contribution is 5.76. The van der Waals surface area contributed by atoms with Crippen LogP contribution in [-0.4, -0.2) is 46.1 Å². The zero-order chi connectivity index (χ0) is 30.2. The molecule has 0 aliphatic carbocycles. The fourth-order valence-electron chi connectivity index (χ4n) is 5.51. The number of carbonyl (C=O) groups is 1. The highest BCUT2D eigenvalue weighted by atomic mass is 16.3. The van der Waals surface area contributed by atoms with E-state index in [2.05, 4.69) is 31.3 Å². The minimum atomic E-state index is -1.15. The summed E-state index contributed by atoms with van der Waals surface area (Å²) in [6, 6.07) is -0.818. The number of aliphatic hydroxyl groups excluding tert-OH is 3. The van der Waals surface area contributed by atoms with Gasteiger partial charge in [-0.3, -0.25) is 4.79 Å². The number of allylic oxidation sites excluding steroid dienone is 2. The summed E-state index contributed by atoms with van der Waals surface area (Å²) in [7, 11) is 0. The van der Waals surface area contributed by atoms with Crippen molar-refractivity contribution in [3.05, 3.63) is 12.2 Å². The fourth-order valence-corrected chi connectivity index (χ4v) is 5.51. The number of hydrogen-bond acceptors (Lipinski definition) is 4. The third-order valence-corrected chi connectivity index (χ3v) is 8.37. The smallest absolute Gasteiger partial charge is 0.220 e. The molecule has 0 rings (SSSR count). The van der Waals surface area contributed by atoms with Crippen LogP contribution in [0, 0.1) is 0 Å². The van der Waals surface area contributed by atoms with Gasteiger partial charge in [0, 0.05) is 6.42 Å². The van der Waals surface area contributed by atoms with E-state index in [9.17, 15) is 20.1 Å². The van der Waals surface area contributed by atoms with Crippen molar-refractivity contribution in [2.45, 2.75) is 205 Å². The van der Waals surface area contributed by atoms with Crippen LogP contribution in [0.15, 0.2) is 12.2 Å². The fraction of sp³-hybridized carbons (Fsp3) is 0.917. The Labute approximate surface area is 255 Å². The summed E-state index contributed by atoms with van der Waals surface area (Å²) in [5, 5.41) is 33.2. The van der Waals surface area contributed by atoms with Crippen LogP contribution in [0.2, 0.25) is 0 Å². The first kappa shape index (κ1) is 40.1. The molecular weight excluding hydrogens is 510 g/mol. The van der Waals surface area contributed by atoms with Gasteiger partial charge in [-0.1, -0.05) is 154 Å². The van der Waals surface area contributed by atoms with E-state index in [0.717, 1.165) is 38.5 Å². The molecule has 3 atom stereocenters. The van der Waals surface area contributed by atoms with Gasteiger partial charge in [0.25, 0.3) is 0 Å². The monoisotopic (exact) mass is 582 g/mol. The van der Waals surface area contributed by atoms with Crippen LogP contribution in [0.4, 0.5) is 0 Å². The molecule has 0 heterocycles. The first-order valence-electron chi connectivity index (χ1n) is 18.0. The second-order valence-electron chi connectivity index (χ2n) is 12.4. The number of rotatable bonds is 32. The zero-order valence-electron chi connectivity index (χ0n) is 27.4. The molecule has 0 saturated carbocycles. The maximum atomic E-state index is 12.3. The van der Waals surface area contributed by atoms with Crippen LogP contribution in [0.25, 0.3) is 0 Å². The van der Waals surface area contributed by atoms with E-state index < -0.39 is 18.2 Å². The molecule has 5 nitrogen and oxygen atoms in total. The Morgan fingerprint density at radius 2 is 0.976 bits per heavy atom. The summed E-state index contributed by atoms with van der Waals surface area (Å²) in [6.07, 6.45) is 34.4. The lowest BCUT2D eigenvalue weighted by atomic mass is 10.0. The van der Waals surface area contributed by atoms with Gasteiger partial charge in [-0.2, -0.15) is 0 Å². The van der Waals surface area contributed by atoms with Crippen LogP contribution >= 0.6 is 0 Å². The molecule has 41 heavy (non-hydrogen) atoms. The van der Waals surface area contributed by atoms with Crippen molar-refractivity contribution in [2.75, 3.05) is 6.61 Å². The molecule has 0 radical (unpaired) electrons. The van der Waals surface area contributed by atoms with Gasteiger partial charge in [-0.15, -0.1) is 0 Å². The lowest BCUT2D eigenvalue weighted by Crippen LogP contribution is -2.50. The van der Waals surface area contributed by atoms with Crippen LogP contribution in [-0.2, 0) is 4.79 Å². The molecule has 5 heteroatoms. The van der Waals surface area contributed by atoms with Crippen LogP contribution in [0.1, 0.15) is 187 Å². The van der Waals surface area contributed by atoms with Gasteiger partial charge in [-0.25, -0.2) is 0 Å². The van der Waals surface area contributed by atoms with Crippen molar-refractivity contribution in [2.24, 2.45) is 0 Å². The standard InChI is InChI=1S/C36H71NO4/c1-3-5-7-9-11-13-15-17-18-19-21-23-25-27-29-31-35(40)37-33(32-38)36(41)34(39)30-28-26-24-22-20-16-14-12-10-8-6-4-2/h22,24,33-34,36,38-39,41H,3-21,23,25-32H2,1-2H3,(H,37,40)/b24-22+/t33-,34+,36-/m0/s1. The SMILES string of the molecule is CCCCCCCCC/C=C/CCC[C@@H](O)[C@@H](O)[C@H](CO)NC(=O)CCCCCCCCCCCCCCCCC. The number of hydrogen-bond donors (Lipinski definition) is 4. The molecule has 1 amide bonds. The topological polar surface area (TPSA) is 89.8 Å². The minimum absolute atomic E-state index is 0.154. The van der Waals surface area contributed by atoms with Crippen molar-refractivity contribution in [3.63, 3.8) is 0 Å². The lowest BCUT2D eigenvalue weighted by molar-refractivity contribution is -0.124. The molecule has 4 N–H and O–H groups in total. The Balaban J connectivity index is 3.72. The number of nitrogens with one attached hydrogen (secondary N) is 1. The molecule has 244 valence electrons. The molecule has 0 aliphatic rings. The average molecular weight is 582 g/mol. The molecule has 0 aromatic heterocycles. The Hall–Kier alpha value is -0.910. The molecule has 0 aromatic rings. The average Bonchev–Trinajstić information content (AvgIpc) is 2.97. The summed E-state index contributed by atoms with van der Waals surface area (Å²) in [5.41, 5.74) is 0. The molecule has 0 saturated heterocycles. The van der Waals surface area contributed by atoms with E-state index in [1.54, 1.807) is 0 Å². The Morgan fingerprint density at radius 1 is 0.585 bits per heavy atom. The van der Waals surface area contributed by atoms with Gasteiger partial charge in [0.2, 0.25) is 5.91 Å². The van der Waals surface area contributed by atoms with Crippen molar-refractivity contribution in [1.29, 1.82) is 0 Å². The van der Waals surface area contributed by atoms with E-state index in [-0.39, 0.29) is 12.5 Å². The summed E-state index contributed by atoms with van der Waals surface area (Å²) < 4.78 is 0. The first-order chi connectivity index (χ1) is 20.1. The molecular formula is C36H71NO4. The minimum Gasteiger partial charge on any atom is -0.394 e. The Morgan fingerprint density at radius 3 is 1.41 bits per heavy atom. The molecule has 0 unspecified atom stereocenters. The predicted octanol–water partition coefficient (Wildman–Crippen LogP) is 9.31. The molecule has 0 bridgehead atoms. The van der Waals surface area contributed by atoms with Crippen molar-refractivity contribution in [1.82, 2.24) is 5.32 Å². The normalized spacial score (nSPS) is 14.0. The summed E-state index contributed by atoms with van der Waals surface area (Å²) >= 11 is 0.